The van der Waals surface area contributed by atoms with Crippen LogP contribution in [0, 0.1) is 0 Å². The molecule has 0 aliphatic heterocycles. The maximum atomic E-state index is 4.24. The van der Waals surface area contributed by atoms with Crippen molar-refractivity contribution < 1.29 is 0 Å². The molecule has 0 spiro atoms. The molecule has 0 saturated heterocycles. The van der Waals surface area contributed by atoms with E-state index in [1.807, 2.05) is 48.0 Å². The Balaban J connectivity index is 2.43. The van der Waals surface area contributed by atoms with Crippen molar-refractivity contribution >= 4 is 54.8 Å². The molecule has 0 aliphatic carbocycles. The second-order valence-corrected chi connectivity index (χ2v) is 4.37. The van der Waals surface area contributed by atoms with Crippen molar-refractivity contribution in [2.45, 2.75) is 0 Å². The molecule has 4 aromatic rings. The number of nitrogens with zero attached hydrogens (tertiary/aromatic N) is 6. The fourth-order valence-corrected chi connectivity index (χ4v) is 2.36. The van der Waals surface area contributed by atoms with Crippen molar-refractivity contribution in [1.29, 1.82) is 0 Å². The first-order chi connectivity index (χ1) is 9.34. The summed E-state index contributed by atoms with van der Waals surface area (Å²) in [6.07, 6.45) is 0. The van der Waals surface area contributed by atoms with Gasteiger partial charge >= 0.3 is 116 Å². The summed E-state index contributed by atoms with van der Waals surface area (Å²) in [6, 6.07) is 10.0. The number of aromatic nitrogens is 6. The fourth-order valence-electron chi connectivity index (χ4n) is 2.36. The molecule has 0 fully saturated rings. The minimum atomic E-state index is 0.635. The van der Waals surface area contributed by atoms with E-state index in [1.54, 1.807) is 0 Å². The predicted octanol–water partition coefficient (Wildman–Crippen LogP) is 0.310. The molecule has 2 aromatic carbocycles. The summed E-state index contributed by atoms with van der Waals surface area (Å²) in [5, 5.41) is 26.8. The Bertz CT molecular complexity index is 904. The normalized spacial score (nSPS) is 11.5. The van der Waals surface area contributed by atoms with E-state index in [1.165, 1.54) is 0 Å². The summed E-state index contributed by atoms with van der Waals surface area (Å²) in [5.74, 6) is 0. The summed E-state index contributed by atoms with van der Waals surface area (Å²) < 4.78 is 0.868. The van der Waals surface area contributed by atoms with Crippen molar-refractivity contribution in [3.63, 3.8) is 0 Å². The van der Waals surface area contributed by atoms with Gasteiger partial charge in [0.1, 0.15) is 0 Å². The molecule has 7 heteroatoms. The molecule has 0 radical (unpaired) electrons. The minimum absolute atomic E-state index is 0.635. The van der Waals surface area contributed by atoms with Gasteiger partial charge in [0.05, 0.1) is 0 Å². The predicted molar refractivity (Wildman–Crippen MR) is 71.1 cm³/mol. The molecule has 6 nitrogen and oxygen atoms in total. The van der Waals surface area contributed by atoms with Crippen molar-refractivity contribution in [3.8, 4) is 0 Å². The van der Waals surface area contributed by atoms with Gasteiger partial charge in [-0.15, -0.1) is 0 Å². The first-order valence-corrected chi connectivity index (χ1v) is 5.85. The van der Waals surface area contributed by atoms with E-state index in [9.17, 15) is 0 Å². The molecule has 0 atom stereocenters. The summed E-state index contributed by atoms with van der Waals surface area (Å²) >= 11 is 1.92. The van der Waals surface area contributed by atoms with Crippen molar-refractivity contribution in [3.05, 3.63) is 30.3 Å². The maximum absolute atomic E-state index is 4.24. The summed E-state index contributed by atoms with van der Waals surface area (Å²) in [5.41, 5.74) is 2.05. The summed E-state index contributed by atoms with van der Waals surface area (Å²) in [6.45, 7) is 0. The molecule has 0 unspecified atom stereocenters. The molecule has 0 aliphatic rings. The molecule has 0 N–H and O–H groups in total. The van der Waals surface area contributed by atoms with Crippen LogP contribution >= 0.6 is 0 Å². The Morgan fingerprint density at radius 3 is 2.21 bits per heavy atom. The van der Waals surface area contributed by atoms with E-state index >= 15 is 0 Å². The van der Waals surface area contributed by atoms with Crippen LogP contribution in [-0.4, -0.2) is 48.5 Å². The third-order valence-corrected chi connectivity index (χ3v) is 3.17. The number of fused-ring (bicyclic) bond motifs is 6. The van der Waals surface area contributed by atoms with E-state index in [0.29, 0.717) is 16.6 Å². The van der Waals surface area contributed by atoms with E-state index in [0.717, 1.165) is 20.5 Å². The second kappa shape index (κ2) is 3.92. The quantitative estimate of drug-likeness (QED) is 0.325. The number of hydrogen-bond donors (Lipinski definition) is 0. The first kappa shape index (κ1) is 10.7. The van der Waals surface area contributed by atoms with Crippen LogP contribution in [0.3, 0.4) is 0 Å². The van der Waals surface area contributed by atoms with Crippen molar-refractivity contribution in [2.24, 2.45) is 0 Å². The number of benzene rings is 2. The Labute approximate surface area is 116 Å². The van der Waals surface area contributed by atoms with Crippen LogP contribution in [0.15, 0.2) is 30.3 Å². The zero-order valence-electron chi connectivity index (χ0n) is 10.1. The Hall–Kier alpha value is -2.16. The molecule has 2 heterocycles. The van der Waals surface area contributed by atoms with E-state index in [4.69, 9.17) is 0 Å². The van der Waals surface area contributed by atoms with Gasteiger partial charge in [-0.1, -0.05) is 0 Å². The SMILES string of the molecule is [Li][c]1cc2c3ccccc3c3nnnnc3c2nn1. The third-order valence-electron chi connectivity index (χ3n) is 3.17. The molecule has 4 rings (SSSR count). The van der Waals surface area contributed by atoms with E-state index in [-0.39, 0.29) is 0 Å². The van der Waals surface area contributed by atoms with Gasteiger partial charge in [-0.05, 0) is 0 Å². The molecule has 0 amide bonds. The van der Waals surface area contributed by atoms with Gasteiger partial charge in [0.2, 0.25) is 0 Å². The van der Waals surface area contributed by atoms with Crippen LogP contribution in [0.4, 0.5) is 0 Å². The van der Waals surface area contributed by atoms with Gasteiger partial charge in [-0.3, -0.25) is 0 Å². The zero-order chi connectivity index (χ0) is 12.8. The second-order valence-electron chi connectivity index (χ2n) is 4.37. The van der Waals surface area contributed by atoms with Gasteiger partial charge in [-0.25, -0.2) is 0 Å². The van der Waals surface area contributed by atoms with Crippen LogP contribution < -0.4 is 4.37 Å². The molecular formula is C12H5LiN6. The van der Waals surface area contributed by atoms with E-state index in [2.05, 4.69) is 30.8 Å². The monoisotopic (exact) mass is 240 g/mol. The van der Waals surface area contributed by atoms with Gasteiger partial charge in [0, 0.05) is 0 Å². The Kier molecular flexibility index (Phi) is 2.21. The van der Waals surface area contributed by atoms with Crippen LogP contribution in [-0.2, 0) is 0 Å². The average molecular weight is 240 g/mol. The Morgan fingerprint density at radius 2 is 1.37 bits per heavy atom. The fraction of sp³-hybridized carbons (Fsp3) is 0. The van der Waals surface area contributed by atoms with Gasteiger partial charge in [0.15, 0.2) is 0 Å². The van der Waals surface area contributed by atoms with Crippen LogP contribution in [0.25, 0.3) is 32.7 Å². The number of hydrogen-bond acceptors (Lipinski definition) is 6. The van der Waals surface area contributed by atoms with Crippen LogP contribution in [0.5, 0.6) is 0 Å². The van der Waals surface area contributed by atoms with Gasteiger partial charge in [-0.2, -0.15) is 0 Å². The molecule has 0 bridgehead atoms. The first-order valence-electron chi connectivity index (χ1n) is 5.85. The third kappa shape index (κ3) is 1.51. The van der Waals surface area contributed by atoms with E-state index < -0.39 is 0 Å². The van der Waals surface area contributed by atoms with Gasteiger partial charge in [0.25, 0.3) is 0 Å². The topological polar surface area (TPSA) is 77.3 Å². The Morgan fingerprint density at radius 1 is 0.684 bits per heavy atom. The molecule has 84 valence electrons. The average Bonchev–Trinajstić information content (AvgIpc) is 2.47. The van der Waals surface area contributed by atoms with Crippen LogP contribution in [0.1, 0.15) is 0 Å². The summed E-state index contributed by atoms with van der Waals surface area (Å²) in [4.78, 5) is 0. The van der Waals surface area contributed by atoms with Crippen LogP contribution in [0.2, 0.25) is 0 Å². The summed E-state index contributed by atoms with van der Waals surface area (Å²) in [7, 11) is 0. The number of rotatable bonds is 0. The standard InChI is InChI=1S/C12H5N6.Li/c1-2-4-8-7(3-1)9-5-6-13-14-10(9)12-11(8)15-17-18-16-12;/h1-5H;. The van der Waals surface area contributed by atoms with Crippen molar-refractivity contribution in [1.82, 2.24) is 30.8 Å². The molecule has 19 heavy (non-hydrogen) atoms. The van der Waals surface area contributed by atoms with Crippen molar-refractivity contribution in [2.75, 3.05) is 0 Å². The van der Waals surface area contributed by atoms with Gasteiger partial charge < -0.3 is 0 Å². The zero-order valence-corrected chi connectivity index (χ0v) is 10.1. The molecular weight excluding hydrogens is 235 g/mol. The molecule has 0 saturated carbocycles. The molecule has 2 aromatic heterocycles.